The lowest BCUT2D eigenvalue weighted by Crippen LogP contribution is -2.33. The summed E-state index contributed by atoms with van der Waals surface area (Å²) in [5.74, 6) is -0.276. The zero-order chi connectivity index (χ0) is 19.7. The fourth-order valence-electron chi connectivity index (χ4n) is 3.06. The van der Waals surface area contributed by atoms with Crippen LogP contribution >= 0.6 is 0 Å². The van der Waals surface area contributed by atoms with Gasteiger partial charge in [-0.3, -0.25) is 4.79 Å². The third-order valence-electron chi connectivity index (χ3n) is 4.45. The Balaban J connectivity index is 2.08. The predicted molar refractivity (Wildman–Crippen MR) is 97.0 cm³/mol. The molecule has 3 rings (SSSR count). The Morgan fingerprint density at radius 1 is 1.37 bits per heavy atom. The zero-order valence-electron chi connectivity index (χ0n) is 15.0. The highest BCUT2D eigenvalue weighted by atomic mass is 16.6. The van der Waals surface area contributed by atoms with Gasteiger partial charge in [0.05, 0.1) is 17.6 Å². The van der Waals surface area contributed by atoms with E-state index in [0.717, 1.165) is 5.57 Å². The Bertz CT molecular complexity index is 876. The molecule has 1 aliphatic rings. The van der Waals surface area contributed by atoms with Gasteiger partial charge >= 0.3 is 0 Å². The number of nitrogens with zero attached hydrogens (tertiary/aromatic N) is 3. The Kier molecular flexibility index (Phi) is 5.42. The van der Waals surface area contributed by atoms with Gasteiger partial charge in [-0.1, -0.05) is 11.6 Å². The molecule has 3 heterocycles. The molecule has 4 unspecified atom stereocenters. The number of hydrogen-bond donors (Lipinski definition) is 5. The molecule has 1 amide bonds. The summed E-state index contributed by atoms with van der Waals surface area (Å²) < 4.78 is 6.97. The van der Waals surface area contributed by atoms with E-state index in [-0.39, 0.29) is 5.56 Å². The Morgan fingerprint density at radius 3 is 2.70 bits per heavy atom. The van der Waals surface area contributed by atoms with Crippen LogP contribution in [0.15, 0.2) is 24.2 Å². The molecule has 1 aliphatic heterocycles. The maximum atomic E-state index is 12.0. The maximum absolute atomic E-state index is 12.0. The number of aromatic nitrogens is 3. The van der Waals surface area contributed by atoms with Gasteiger partial charge in [-0.2, -0.15) is 0 Å². The van der Waals surface area contributed by atoms with E-state index in [0.29, 0.717) is 23.4 Å². The number of ether oxygens (including phenoxy) is 1. The van der Waals surface area contributed by atoms with Gasteiger partial charge < -0.3 is 35.7 Å². The number of fused-ring (bicyclic) bond motifs is 1. The van der Waals surface area contributed by atoms with Crippen LogP contribution in [-0.2, 0) is 4.74 Å². The minimum absolute atomic E-state index is 0.156. The van der Waals surface area contributed by atoms with Crippen LogP contribution in [0.1, 0.15) is 30.4 Å². The first-order chi connectivity index (χ1) is 12.8. The highest BCUT2D eigenvalue weighted by Crippen LogP contribution is 2.34. The summed E-state index contributed by atoms with van der Waals surface area (Å²) in [7, 11) is 0. The quantitative estimate of drug-likeness (QED) is 0.423. The number of primary amides is 1. The van der Waals surface area contributed by atoms with Crippen LogP contribution < -0.4 is 11.1 Å². The van der Waals surface area contributed by atoms with Crippen molar-refractivity contribution in [3.8, 4) is 0 Å². The number of allylic oxidation sites excluding steroid dienone is 1. The topological polar surface area (TPSA) is 156 Å². The Morgan fingerprint density at radius 2 is 2.11 bits per heavy atom. The first-order valence-corrected chi connectivity index (χ1v) is 8.50. The maximum Gasteiger partial charge on any atom is 0.251 e. The molecular weight excluding hydrogens is 354 g/mol. The minimum Gasteiger partial charge on any atom is -0.394 e. The standard InChI is InChI=1S/C17H23N5O5/c1-8(2)3-4-19-15-11-9(14(18)26)5-22(16(11)21-7-20-15)17-13(25)12(24)10(6-23)27-17/h3,5,7,10,12-13,17,23-25H,4,6H2,1-2H3,(H2,18,26)(H,19,20,21). The van der Waals surface area contributed by atoms with Crippen molar-refractivity contribution in [2.75, 3.05) is 18.5 Å². The third-order valence-corrected chi connectivity index (χ3v) is 4.45. The number of hydrogen-bond acceptors (Lipinski definition) is 8. The van der Waals surface area contributed by atoms with Crippen LogP contribution in [0, 0.1) is 0 Å². The number of aliphatic hydroxyl groups is 3. The summed E-state index contributed by atoms with van der Waals surface area (Å²) in [5, 5.41) is 33.1. The van der Waals surface area contributed by atoms with Crippen LogP contribution in [0.3, 0.4) is 0 Å². The van der Waals surface area contributed by atoms with E-state index < -0.39 is 37.1 Å². The highest BCUT2D eigenvalue weighted by Gasteiger charge is 2.44. The summed E-state index contributed by atoms with van der Waals surface area (Å²) >= 11 is 0. The molecule has 0 spiro atoms. The van der Waals surface area contributed by atoms with Crippen LogP contribution in [0.2, 0.25) is 0 Å². The molecule has 0 aromatic carbocycles. The van der Waals surface area contributed by atoms with Crippen molar-refractivity contribution in [1.29, 1.82) is 0 Å². The van der Waals surface area contributed by atoms with Gasteiger partial charge in [-0.25, -0.2) is 9.97 Å². The molecule has 10 heteroatoms. The summed E-state index contributed by atoms with van der Waals surface area (Å²) in [6.07, 6.45) is 0.122. The lowest BCUT2D eigenvalue weighted by molar-refractivity contribution is -0.0508. The van der Waals surface area contributed by atoms with Crippen molar-refractivity contribution >= 4 is 22.8 Å². The van der Waals surface area contributed by atoms with E-state index in [1.807, 2.05) is 19.9 Å². The van der Waals surface area contributed by atoms with E-state index in [1.165, 1.54) is 17.1 Å². The number of aliphatic hydroxyl groups excluding tert-OH is 3. The minimum atomic E-state index is -1.31. The molecule has 1 saturated heterocycles. The molecule has 0 bridgehead atoms. The highest BCUT2D eigenvalue weighted by molar-refractivity contribution is 6.09. The van der Waals surface area contributed by atoms with E-state index in [2.05, 4.69) is 15.3 Å². The van der Waals surface area contributed by atoms with Crippen molar-refractivity contribution in [3.63, 3.8) is 0 Å². The van der Waals surface area contributed by atoms with Crippen LogP contribution in [0.25, 0.3) is 11.0 Å². The first kappa shape index (κ1) is 19.2. The number of amides is 1. The fourth-order valence-corrected chi connectivity index (χ4v) is 3.06. The monoisotopic (exact) mass is 377 g/mol. The van der Waals surface area contributed by atoms with E-state index >= 15 is 0 Å². The summed E-state index contributed by atoms with van der Waals surface area (Å²) in [6, 6.07) is 0. The number of carbonyl (C=O) groups excluding carboxylic acids is 1. The van der Waals surface area contributed by atoms with E-state index in [1.54, 1.807) is 0 Å². The van der Waals surface area contributed by atoms with Gasteiger partial charge in [0, 0.05) is 12.7 Å². The summed E-state index contributed by atoms with van der Waals surface area (Å²) in [4.78, 5) is 20.3. The van der Waals surface area contributed by atoms with Crippen molar-refractivity contribution in [2.45, 2.75) is 38.4 Å². The van der Waals surface area contributed by atoms with Gasteiger partial charge in [0.1, 0.15) is 36.1 Å². The fraction of sp³-hybridized carbons (Fsp3) is 0.471. The molecule has 4 atom stereocenters. The lowest BCUT2D eigenvalue weighted by Gasteiger charge is -2.17. The van der Waals surface area contributed by atoms with E-state index in [9.17, 15) is 20.1 Å². The van der Waals surface area contributed by atoms with Gasteiger partial charge in [0.15, 0.2) is 6.23 Å². The molecule has 2 aromatic heterocycles. The molecule has 146 valence electrons. The number of rotatable bonds is 6. The summed E-state index contributed by atoms with van der Waals surface area (Å²) in [6.45, 7) is 3.96. The SMILES string of the molecule is CC(C)=CCNc1ncnc2c1c(C(N)=O)cn2C1OC(CO)C(O)C1O. The molecule has 27 heavy (non-hydrogen) atoms. The summed E-state index contributed by atoms with van der Waals surface area (Å²) in [5.41, 5.74) is 7.10. The third kappa shape index (κ3) is 3.52. The number of nitrogens with two attached hydrogens (primary N) is 1. The van der Waals surface area contributed by atoms with Gasteiger partial charge in [0.2, 0.25) is 0 Å². The molecule has 6 N–H and O–H groups in total. The predicted octanol–water partition coefficient (Wildman–Crippen LogP) is -0.480. The van der Waals surface area contributed by atoms with Crippen molar-refractivity contribution in [2.24, 2.45) is 5.73 Å². The molecule has 0 saturated carbocycles. The molecule has 10 nitrogen and oxygen atoms in total. The van der Waals surface area contributed by atoms with Crippen molar-refractivity contribution < 1.29 is 24.9 Å². The van der Waals surface area contributed by atoms with Crippen LogP contribution in [0.4, 0.5) is 5.82 Å². The molecule has 1 fully saturated rings. The number of carbonyl (C=O) groups is 1. The van der Waals surface area contributed by atoms with Gasteiger partial charge in [-0.15, -0.1) is 0 Å². The molecule has 0 aliphatic carbocycles. The van der Waals surface area contributed by atoms with Crippen molar-refractivity contribution in [1.82, 2.24) is 14.5 Å². The van der Waals surface area contributed by atoms with E-state index in [4.69, 9.17) is 10.5 Å². The molecule has 2 aromatic rings. The number of nitrogens with one attached hydrogen (secondary N) is 1. The second-order valence-corrected chi connectivity index (χ2v) is 6.63. The number of anilines is 1. The second-order valence-electron chi connectivity index (χ2n) is 6.63. The Hall–Kier alpha value is -2.53. The average Bonchev–Trinajstić information content (AvgIpc) is 3.14. The second kappa shape index (κ2) is 7.61. The Labute approximate surface area is 155 Å². The zero-order valence-corrected chi connectivity index (χ0v) is 15.0. The normalized spacial score (nSPS) is 24.9. The van der Waals surface area contributed by atoms with Crippen molar-refractivity contribution in [3.05, 3.63) is 29.7 Å². The molecule has 0 radical (unpaired) electrons. The lowest BCUT2D eigenvalue weighted by atomic mass is 10.1. The van der Waals surface area contributed by atoms with Crippen LogP contribution in [-0.4, -0.2) is 67.2 Å². The van der Waals surface area contributed by atoms with Crippen LogP contribution in [0.5, 0.6) is 0 Å². The molecular formula is C17H23N5O5. The van der Waals surface area contributed by atoms with Gasteiger partial charge in [-0.05, 0) is 13.8 Å². The largest absolute Gasteiger partial charge is 0.394 e. The average molecular weight is 377 g/mol. The van der Waals surface area contributed by atoms with Gasteiger partial charge in [0.25, 0.3) is 5.91 Å². The first-order valence-electron chi connectivity index (χ1n) is 8.50. The smallest absolute Gasteiger partial charge is 0.251 e.